The number of rotatable bonds is 9. The number of halogens is 1. The molecule has 0 unspecified atom stereocenters. The first-order valence-electron chi connectivity index (χ1n) is 11.3. The number of ether oxygens (including phenoxy) is 1. The molecule has 4 rings (SSSR count). The molecule has 1 amide bonds. The first-order chi connectivity index (χ1) is 16.7. The third-order valence-electron chi connectivity index (χ3n) is 5.37. The second-order valence-corrected chi connectivity index (χ2v) is 8.41. The maximum Gasteiger partial charge on any atom is 0.247 e. The highest BCUT2D eigenvalue weighted by atomic mass is 19.1. The molecule has 10 heteroatoms. The first-order valence-corrected chi connectivity index (χ1v) is 11.3. The summed E-state index contributed by atoms with van der Waals surface area (Å²) in [6.45, 7) is 12.4. The molecule has 0 fully saturated rings. The zero-order chi connectivity index (χ0) is 25.1. The Morgan fingerprint density at radius 1 is 1.29 bits per heavy atom. The van der Waals surface area contributed by atoms with Gasteiger partial charge in [0.05, 0.1) is 42.4 Å². The zero-order valence-corrected chi connectivity index (χ0v) is 20.2. The van der Waals surface area contributed by atoms with E-state index in [2.05, 4.69) is 32.3 Å². The van der Waals surface area contributed by atoms with Crippen LogP contribution in [0.1, 0.15) is 25.1 Å². The van der Waals surface area contributed by atoms with Gasteiger partial charge in [0.15, 0.2) is 11.6 Å². The van der Waals surface area contributed by atoms with E-state index in [0.717, 1.165) is 34.0 Å². The van der Waals surface area contributed by atoms with E-state index in [-0.39, 0.29) is 23.8 Å². The molecule has 9 nitrogen and oxygen atoms in total. The number of nitrogens with one attached hydrogen (secondary N) is 2. The van der Waals surface area contributed by atoms with E-state index in [9.17, 15) is 9.18 Å². The molecule has 0 spiro atoms. The van der Waals surface area contributed by atoms with Crippen LogP contribution in [0.4, 0.5) is 21.7 Å². The van der Waals surface area contributed by atoms with Crippen molar-refractivity contribution in [3.8, 4) is 5.82 Å². The van der Waals surface area contributed by atoms with Crippen molar-refractivity contribution in [1.29, 1.82) is 0 Å². The molecule has 3 aromatic heterocycles. The highest BCUT2D eigenvalue weighted by molar-refractivity contribution is 6.00. The van der Waals surface area contributed by atoms with Crippen LogP contribution in [0.2, 0.25) is 0 Å². The van der Waals surface area contributed by atoms with Crippen LogP contribution in [0, 0.1) is 19.7 Å². The van der Waals surface area contributed by atoms with E-state index in [0.29, 0.717) is 18.8 Å². The summed E-state index contributed by atoms with van der Waals surface area (Å²) in [5.41, 5.74) is 3.77. The van der Waals surface area contributed by atoms with Crippen molar-refractivity contribution in [2.45, 2.75) is 40.3 Å². The second-order valence-electron chi connectivity index (χ2n) is 8.41. The SMILES string of the molecule is C=CC(=O)Nc1ccc2c(c1)c(C)cn2-c1nc(Nc2cn(CCOC(C)C)nc2C)ncc1F. The smallest absolute Gasteiger partial charge is 0.247 e. The fourth-order valence-electron chi connectivity index (χ4n) is 3.69. The van der Waals surface area contributed by atoms with E-state index < -0.39 is 5.82 Å². The molecule has 4 aromatic rings. The largest absolute Gasteiger partial charge is 0.377 e. The Morgan fingerprint density at radius 2 is 2.09 bits per heavy atom. The average molecular weight is 478 g/mol. The van der Waals surface area contributed by atoms with Gasteiger partial charge in [-0.15, -0.1) is 0 Å². The van der Waals surface area contributed by atoms with Crippen molar-refractivity contribution < 1.29 is 13.9 Å². The van der Waals surface area contributed by atoms with Gasteiger partial charge in [-0.1, -0.05) is 6.58 Å². The Kier molecular flexibility index (Phi) is 6.92. The fraction of sp³-hybridized carbons (Fsp3) is 0.280. The Bertz CT molecular complexity index is 1390. The van der Waals surface area contributed by atoms with Crippen LogP contribution in [0.15, 0.2) is 49.4 Å². The molecular formula is C25H28FN7O2. The summed E-state index contributed by atoms with van der Waals surface area (Å²) in [4.78, 5) is 20.2. The van der Waals surface area contributed by atoms with Crippen LogP contribution >= 0.6 is 0 Å². The minimum Gasteiger partial charge on any atom is -0.377 e. The van der Waals surface area contributed by atoms with Crippen LogP contribution in [-0.2, 0) is 16.1 Å². The van der Waals surface area contributed by atoms with Crippen LogP contribution in [0.25, 0.3) is 16.7 Å². The van der Waals surface area contributed by atoms with Crippen molar-refractivity contribution in [2.75, 3.05) is 17.2 Å². The number of fused-ring (bicyclic) bond motifs is 1. The summed E-state index contributed by atoms with van der Waals surface area (Å²) in [6.07, 6.45) is 6.15. The molecule has 0 bridgehead atoms. The molecular weight excluding hydrogens is 449 g/mol. The maximum atomic E-state index is 14.8. The van der Waals surface area contributed by atoms with Gasteiger partial charge >= 0.3 is 0 Å². The first kappa shape index (κ1) is 24.1. The monoisotopic (exact) mass is 477 g/mol. The predicted molar refractivity (Wildman–Crippen MR) is 134 cm³/mol. The Morgan fingerprint density at radius 3 is 2.83 bits per heavy atom. The molecule has 0 atom stereocenters. The van der Waals surface area contributed by atoms with Gasteiger partial charge in [0.1, 0.15) is 0 Å². The number of anilines is 3. The van der Waals surface area contributed by atoms with E-state index in [1.54, 1.807) is 21.5 Å². The molecule has 0 aliphatic carbocycles. The minimum atomic E-state index is -0.560. The van der Waals surface area contributed by atoms with Crippen molar-refractivity contribution in [2.24, 2.45) is 0 Å². The van der Waals surface area contributed by atoms with Gasteiger partial charge in [-0.25, -0.2) is 9.37 Å². The van der Waals surface area contributed by atoms with Gasteiger partial charge in [-0.05, 0) is 57.5 Å². The van der Waals surface area contributed by atoms with E-state index in [1.165, 1.54) is 6.08 Å². The third-order valence-corrected chi connectivity index (χ3v) is 5.37. The number of hydrogen-bond donors (Lipinski definition) is 2. The molecule has 1 aromatic carbocycles. The number of benzene rings is 1. The molecule has 0 aliphatic rings. The van der Waals surface area contributed by atoms with Gasteiger partial charge < -0.3 is 15.4 Å². The number of amides is 1. The molecule has 0 radical (unpaired) electrons. The molecule has 0 saturated heterocycles. The maximum absolute atomic E-state index is 14.8. The van der Waals surface area contributed by atoms with Crippen LogP contribution in [0.5, 0.6) is 0 Å². The molecule has 3 heterocycles. The Hall–Kier alpha value is -4.05. The number of aromatic nitrogens is 5. The van der Waals surface area contributed by atoms with Gasteiger partial charge in [0.25, 0.3) is 0 Å². The molecule has 182 valence electrons. The minimum absolute atomic E-state index is 0.110. The summed E-state index contributed by atoms with van der Waals surface area (Å²) in [5.74, 6) is -0.504. The van der Waals surface area contributed by atoms with Gasteiger partial charge in [-0.3, -0.25) is 14.0 Å². The van der Waals surface area contributed by atoms with Crippen molar-refractivity contribution in [3.05, 3.63) is 66.5 Å². The molecule has 0 aliphatic heterocycles. The molecule has 2 N–H and O–H groups in total. The summed E-state index contributed by atoms with van der Waals surface area (Å²) in [7, 11) is 0. The van der Waals surface area contributed by atoms with Crippen LogP contribution < -0.4 is 10.6 Å². The zero-order valence-electron chi connectivity index (χ0n) is 20.2. The highest BCUT2D eigenvalue weighted by Gasteiger charge is 2.16. The highest BCUT2D eigenvalue weighted by Crippen LogP contribution is 2.28. The lowest BCUT2D eigenvalue weighted by Gasteiger charge is -2.09. The number of carbonyl (C=O) groups excluding carboxylic acids is 1. The average Bonchev–Trinajstić information content (AvgIpc) is 3.33. The van der Waals surface area contributed by atoms with Gasteiger partial charge in [-0.2, -0.15) is 10.1 Å². The van der Waals surface area contributed by atoms with Gasteiger partial charge in [0, 0.05) is 23.5 Å². The predicted octanol–water partition coefficient (Wildman–Crippen LogP) is 4.67. The number of aryl methyl sites for hydroxylation is 2. The normalized spacial score (nSPS) is 11.3. The van der Waals surface area contributed by atoms with Gasteiger partial charge in [0.2, 0.25) is 11.9 Å². The van der Waals surface area contributed by atoms with E-state index in [1.807, 2.05) is 46.0 Å². The lowest BCUT2D eigenvalue weighted by molar-refractivity contribution is -0.111. The standard InChI is InChI=1S/C25H28FN7O2/c1-6-23(34)28-18-7-8-22-19(11-18)16(4)13-33(22)24-20(26)12-27-25(30-24)29-21-14-32(31-17(21)5)9-10-35-15(2)3/h6-8,11-15H,1,9-10H2,2-5H3,(H,28,34)(H,27,29,30). The number of nitrogens with zero attached hydrogens (tertiary/aromatic N) is 5. The Balaban J connectivity index is 1.61. The van der Waals surface area contributed by atoms with Crippen LogP contribution in [-0.4, -0.2) is 42.9 Å². The number of carbonyl (C=O) groups is 1. The fourth-order valence-corrected chi connectivity index (χ4v) is 3.69. The summed E-state index contributed by atoms with van der Waals surface area (Å²) in [5, 5.41) is 11.2. The summed E-state index contributed by atoms with van der Waals surface area (Å²) < 4.78 is 23.9. The van der Waals surface area contributed by atoms with Crippen molar-refractivity contribution >= 4 is 34.1 Å². The van der Waals surface area contributed by atoms with E-state index >= 15 is 0 Å². The summed E-state index contributed by atoms with van der Waals surface area (Å²) in [6, 6.07) is 5.39. The molecule has 35 heavy (non-hydrogen) atoms. The Labute approximate surface area is 202 Å². The van der Waals surface area contributed by atoms with E-state index in [4.69, 9.17) is 4.74 Å². The second kappa shape index (κ2) is 10.1. The lowest BCUT2D eigenvalue weighted by atomic mass is 10.2. The third kappa shape index (κ3) is 5.38. The van der Waals surface area contributed by atoms with Crippen molar-refractivity contribution in [1.82, 2.24) is 24.3 Å². The lowest BCUT2D eigenvalue weighted by Crippen LogP contribution is -2.10. The topological polar surface area (TPSA) is 98.9 Å². The van der Waals surface area contributed by atoms with Crippen molar-refractivity contribution in [3.63, 3.8) is 0 Å². The molecule has 0 saturated carbocycles. The quantitative estimate of drug-likeness (QED) is 0.340. The van der Waals surface area contributed by atoms with Crippen LogP contribution in [0.3, 0.4) is 0 Å². The summed E-state index contributed by atoms with van der Waals surface area (Å²) >= 11 is 0. The number of hydrogen-bond acceptors (Lipinski definition) is 6.